The van der Waals surface area contributed by atoms with Gasteiger partial charge in [0.25, 0.3) is 0 Å². The molecule has 3 heterocycles. The molecular formula is C22H20FN5O3. The van der Waals surface area contributed by atoms with Crippen LogP contribution in [-0.4, -0.2) is 26.7 Å². The van der Waals surface area contributed by atoms with Crippen LogP contribution in [0.3, 0.4) is 0 Å². The second-order valence-corrected chi connectivity index (χ2v) is 7.93. The molecule has 1 fully saturated rings. The highest BCUT2D eigenvalue weighted by Gasteiger charge is 2.48. The van der Waals surface area contributed by atoms with E-state index in [-0.39, 0.29) is 29.4 Å². The average molecular weight is 421 g/mol. The van der Waals surface area contributed by atoms with E-state index in [1.165, 1.54) is 16.9 Å². The summed E-state index contributed by atoms with van der Waals surface area (Å²) in [6.45, 7) is 0. The molecule has 1 aromatic carbocycles. The summed E-state index contributed by atoms with van der Waals surface area (Å²) < 4.78 is 18.9. The number of nitrogen functional groups attached to an aromatic ring is 1. The van der Waals surface area contributed by atoms with Gasteiger partial charge in [-0.1, -0.05) is 0 Å². The van der Waals surface area contributed by atoms with Crippen LogP contribution in [0.25, 0.3) is 11.3 Å². The fraction of sp³-hybridized carbons (Fsp3) is 0.273. The van der Waals surface area contributed by atoms with Crippen molar-refractivity contribution in [1.82, 2.24) is 14.9 Å². The molecule has 0 bridgehead atoms. The Balaban J connectivity index is 1.27. The summed E-state index contributed by atoms with van der Waals surface area (Å²) in [6.07, 6.45) is 5.46. The number of carbonyl (C=O) groups is 2. The van der Waals surface area contributed by atoms with Gasteiger partial charge < -0.3 is 10.5 Å². The van der Waals surface area contributed by atoms with Crippen LogP contribution in [0.4, 0.5) is 10.2 Å². The van der Waals surface area contributed by atoms with Crippen LogP contribution >= 0.6 is 0 Å². The number of amides is 1. The fourth-order valence-electron chi connectivity index (χ4n) is 4.38. The molecule has 158 valence electrons. The van der Waals surface area contributed by atoms with Gasteiger partial charge in [0, 0.05) is 35.5 Å². The van der Waals surface area contributed by atoms with Gasteiger partial charge >= 0.3 is 5.97 Å². The largest absolute Gasteiger partial charge is 0.450 e. The van der Waals surface area contributed by atoms with Crippen LogP contribution in [-0.2, 0) is 15.1 Å². The molecule has 2 aromatic heterocycles. The second-order valence-electron chi connectivity index (χ2n) is 7.93. The molecule has 5 rings (SSSR count). The quantitative estimate of drug-likeness (QED) is 0.629. The van der Waals surface area contributed by atoms with Crippen molar-refractivity contribution in [3.05, 3.63) is 65.7 Å². The number of carbonyl (C=O) groups excluding carboxylic acids is 2. The van der Waals surface area contributed by atoms with E-state index in [9.17, 15) is 14.0 Å². The lowest BCUT2D eigenvalue weighted by atomic mass is 9.75. The number of anilines is 1. The summed E-state index contributed by atoms with van der Waals surface area (Å²) in [7, 11) is 0. The minimum atomic E-state index is -0.696. The number of fused-ring (bicyclic) bond motifs is 2. The number of aromatic nitrogens is 3. The van der Waals surface area contributed by atoms with Crippen LogP contribution in [0.15, 0.2) is 48.8 Å². The number of halogens is 1. The molecular weight excluding hydrogens is 401 g/mol. The number of esters is 1. The Labute approximate surface area is 177 Å². The third-order valence-electron chi connectivity index (χ3n) is 6.08. The van der Waals surface area contributed by atoms with Crippen molar-refractivity contribution < 1.29 is 18.7 Å². The molecule has 3 aromatic rings. The van der Waals surface area contributed by atoms with Crippen molar-refractivity contribution in [3.63, 3.8) is 0 Å². The summed E-state index contributed by atoms with van der Waals surface area (Å²) in [4.78, 5) is 30.4. The van der Waals surface area contributed by atoms with Crippen molar-refractivity contribution >= 4 is 17.7 Å². The van der Waals surface area contributed by atoms with E-state index in [0.29, 0.717) is 42.5 Å². The number of rotatable bonds is 3. The van der Waals surface area contributed by atoms with Gasteiger partial charge in [0.05, 0.1) is 11.3 Å². The predicted octanol–water partition coefficient (Wildman–Crippen LogP) is 2.99. The highest BCUT2D eigenvalue weighted by molar-refractivity contribution is 5.94. The van der Waals surface area contributed by atoms with E-state index in [1.807, 2.05) is 0 Å². The first-order valence-electron chi connectivity index (χ1n) is 10.1. The Morgan fingerprint density at radius 1 is 1.23 bits per heavy atom. The minimum absolute atomic E-state index is 0.203. The lowest BCUT2D eigenvalue weighted by Crippen LogP contribution is -2.38. The van der Waals surface area contributed by atoms with Crippen LogP contribution in [0.1, 0.15) is 41.6 Å². The Kier molecular flexibility index (Phi) is 4.46. The van der Waals surface area contributed by atoms with Gasteiger partial charge in [0.2, 0.25) is 5.91 Å². The van der Waals surface area contributed by atoms with E-state index < -0.39 is 5.60 Å². The third kappa shape index (κ3) is 3.31. The zero-order chi connectivity index (χ0) is 21.6. The molecule has 3 N–H and O–H groups in total. The third-order valence-corrected chi connectivity index (χ3v) is 6.08. The molecule has 1 amide bonds. The topological polar surface area (TPSA) is 112 Å². The Hall–Kier alpha value is -3.75. The van der Waals surface area contributed by atoms with Crippen LogP contribution < -0.4 is 11.2 Å². The van der Waals surface area contributed by atoms with E-state index in [0.717, 1.165) is 5.56 Å². The van der Waals surface area contributed by atoms with Crippen LogP contribution in [0, 0.1) is 11.7 Å². The van der Waals surface area contributed by atoms with Gasteiger partial charge in [-0.2, -0.15) is 9.89 Å². The monoisotopic (exact) mass is 421 g/mol. The molecule has 0 atom stereocenters. The van der Waals surface area contributed by atoms with Gasteiger partial charge in [0.1, 0.15) is 17.2 Å². The average Bonchev–Trinajstić information content (AvgIpc) is 3.27. The molecule has 1 saturated carbocycles. The number of pyridine rings is 1. The number of nitrogens with one attached hydrogen (secondary N) is 1. The van der Waals surface area contributed by atoms with Crippen molar-refractivity contribution in [1.29, 1.82) is 0 Å². The maximum atomic E-state index is 13.1. The van der Waals surface area contributed by atoms with E-state index >= 15 is 0 Å². The SMILES string of the molecule is Nc1cc(-c2ccc(F)cc2)nn1NC(=O)C1CCC2(CC1)OC(=O)c1ccncc12. The molecule has 31 heavy (non-hydrogen) atoms. The zero-order valence-electron chi connectivity index (χ0n) is 16.5. The molecule has 1 aliphatic heterocycles. The number of ether oxygens (including phenoxy) is 1. The van der Waals surface area contributed by atoms with Crippen molar-refractivity contribution in [2.45, 2.75) is 31.3 Å². The van der Waals surface area contributed by atoms with E-state index in [1.54, 1.807) is 36.7 Å². The predicted molar refractivity (Wildman–Crippen MR) is 110 cm³/mol. The number of nitrogens with zero attached hydrogens (tertiary/aromatic N) is 3. The standard InChI is InChI=1S/C22H20FN5O3/c23-15-3-1-13(2-4-15)18-11-19(24)28(26-18)27-20(29)14-5-8-22(9-6-14)17-12-25-10-7-16(17)21(30)31-22/h1-4,7,10-12,14H,5-6,8-9,24H2,(H,27,29). The molecule has 0 radical (unpaired) electrons. The number of nitrogens with two attached hydrogens (primary N) is 1. The normalized spacial score (nSPS) is 22.2. The van der Waals surface area contributed by atoms with Gasteiger partial charge in [-0.05, 0) is 56.0 Å². The molecule has 8 nitrogen and oxygen atoms in total. The molecule has 1 aliphatic carbocycles. The van der Waals surface area contributed by atoms with Crippen LogP contribution in [0.2, 0.25) is 0 Å². The Morgan fingerprint density at radius 2 is 1.97 bits per heavy atom. The first kappa shape index (κ1) is 19.2. The number of hydrogen-bond acceptors (Lipinski definition) is 6. The lowest BCUT2D eigenvalue weighted by molar-refractivity contribution is -0.123. The maximum absolute atomic E-state index is 13.1. The fourth-order valence-corrected chi connectivity index (χ4v) is 4.38. The Morgan fingerprint density at radius 3 is 2.71 bits per heavy atom. The molecule has 9 heteroatoms. The van der Waals surface area contributed by atoms with Gasteiger partial charge in [-0.3, -0.25) is 9.78 Å². The van der Waals surface area contributed by atoms with Gasteiger partial charge in [-0.25, -0.2) is 14.6 Å². The highest BCUT2D eigenvalue weighted by Crippen LogP contribution is 2.47. The minimum Gasteiger partial charge on any atom is -0.450 e. The smallest absolute Gasteiger partial charge is 0.339 e. The van der Waals surface area contributed by atoms with E-state index in [2.05, 4.69) is 15.5 Å². The Bertz CT molecular complexity index is 1170. The summed E-state index contributed by atoms with van der Waals surface area (Å²) in [6, 6.07) is 9.16. The second kappa shape index (κ2) is 7.19. The van der Waals surface area contributed by atoms with E-state index in [4.69, 9.17) is 10.5 Å². The summed E-state index contributed by atoms with van der Waals surface area (Å²) in [5.74, 6) is -0.873. The first-order chi connectivity index (χ1) is 14.9. The lowest BCUT2D eigenvalue weighted by Gasteiger charge is -2.35. The molecule has 1 spiro atoms. The molecule has 0 unspecified atom stereocenters. The number of hydrogen-bond donors (Lipinski definition) is 2. The van der Waals surface area contributed by atoms with Gasteiger partial charge in [0.15, 0.2) is 0 Å². The highest BCUT2D eigenvalue weighted by atomic mass is 19.1. The van der Waals surface area contributed by atoms with Crippen molar-refractivity contribution in [2.24, 2.45) is 5.92 Å². The van der Waals surface area contributed by atoms with Gasteiger partial charge in [-0.15, -0.1) is 0 Å². The van der Waals surface area contributed by atoms with Crippen molar-refractivity contribution in [3.8, 4) is 11.3 Å². The summed E-state index contributed by atoms with van der Waals surface area (Å²) in [5, 5.41) is 4.31. The van der Waals surface area contributed by atoms with Crippen molar-refractivity contribution in [2.75, 3.05) is 11.2 Å². The summed E-state index contributed by atoms with van der Waals surface area (Å²) in [5.41, 5.74) is 10.6. The maximum Gasteiger partial charge on any atom is 0.339 e. The molecule has 2 aliphatic rings. The van der Waals surface area contributed by atoms with Crippen LogP contribution in [0.5, 0.6) is 0 Å². The number of benzene rings is 1. The summed E-state index contributed by atoms with van der Waals surface area (Å²) >= 11 is 0. The molecule has 0 saturated heterocycles. The zero-order valence-corrected chi connectivity index (χ0v) is 16.5. The first-order valence-corrected chi connectivity index (χ1v) is 10.1.